The van der Waals surface area contributed by atoms with Crippen LogP contribution in [0.25, 0.3) is 5.57 Å². The fourth-order valence-corrected chi connectivity index (χ4v) is 2.81. The fraction of sp³-hybridized carbons (Fsp3) is 0.429. The Kier molecular flexibility index (Phi) is 5.16. The van der Waals surface area contributed by atoms with Crippen molar-refractivity contribution in [3.8, 4) is 0 Å². The van der Waals surface area contributed by atoms with Crippen molar-refractivity contribution in [3.63, 3.8) is 0 Å². The molecule has 1 heteroatoms. The van der Waals surface area contributed by atoms with Gasteiger partial charge in [-0.25, -0.2) is 0 Å². The Bertz CT molecular complexity index is 337. The van der Waals surface area contributed by atoms with E-state index in [2.05, 4.69) is 51.1 Å². The highest BCUT2D eigenvalue weighted by molar-refractivity contribution is 6.16. The summed E-state index contributed by atoms with van der Waals surface area (Å²) >= 11 is 1.24. The molecule has 0 saturated heterocycles. The Morgan fingerprint density at radius 1 is 1.13 bits per heavy atom. The van der Waals surface area contributed by atoms with Crippen molar-refractivity contribution in [2.45, 2.75) is 38.4 Å². The predicted octanol–water partition coefficient (Wildman–Crippen LogP) is 3.58. The number of unbranched alkanes of at least 4 members (excludes halogenated alkanes) is 1. The summed E-state index contributed by atoms with van der Waals surface area (Å²) in [6.07, 6.45) is 5.02. The van der Waals surface area contributed by atoms with E-state index in [0.29, 0.717) is 0 Å². The van der Waals surface area contributed by atoms with Crippen molar-refractivity contribution < 1.29 is 0 Å². The first kappa shape index (κ1) is 12.6. The minimum atomic E-state index is 0.756. The maximum atomic E-state index is 2.39. The number of benzene rings is 1. The molecule has 0 spiro atoms. The van der Waals surface area contributed by atoms with Crippen LogP contribution >= 0.6 is 0 Å². The smallest absolute Gasteiger partial charge is 0.0876 e. The molecular weight excluding hydrogens is 195 g/mol. The van der Waals surface area contributed by atoms with Crippen LogP contribution in [0.15, 0.2) is 30.3 Å². The minimum Gasteiger partial charge on any atom is -0.0876 e. The zero-order chi connectivity index (χ0) is 11.3. The Morgan fingerprint density at radius 3 is 2.27 bits per heavy atom. The normalized spacial score (nSPS) is 17.5. The van der Waals surface area contributed by atoms with Gasteiger partial charge in [0.2, 0.25) is 16.3 Å². The van der Waals surface area contributed by atoms with Crippen molar-refractivity contribution in [3.05, 3.63) is 41.5 Å². The van der Waals surface area contributed by atoms with Crippen LogP contribution in [0.5, 0.6) is 0 Å². The quantitative estimate of drug-likeness (QED) is 0.629. The summed E-state index contributed by atoms with van der Waals surface area (Å²) in [5.74, 6) is 0. The summed E-state index contributed by atoms with van der Waals surface area (Å²) in [6, 6.07) is 8.73. The van der Waals surface area contributed by atoms with Gasteiger partial charge in [-0.1, -0.05) is 57.0 Å². The molecule has 0 nitrogen and oxygen atoms in total. The zero-order valence-corrected chi connectivity index (χ0v) is 12.4. The first-order chi connectivity index (χ1) is 7.20. The summed E-state index contributed by atoms with van der Waals surface area (Å²) < 4.78 is 0.756. The van der Waals surface area contributed by atoms with E-state index in [1.807, 2.05) is 0 Å². The van der Waals surface area contributed by atoms with Gasteiger partial charge in [0, 0.05) is 0 Å². The summed E-state index contributed by atoms with van der Waals surface area (Å²) in [4.78, 5) is 0. The average Bonchev–Trinajstić information content (AvgIpc) is 2.56. The first-order valence-electron chi connectivity index (χ1n) is 5.98. The average molecular weight is 216 g/mol. The third-order valence-electron chi connectivity index (χ3n) is 2.88. The minimum absolute atomic E-state index is 0.756. The van der Waals surface area contributed by atoms with E-state index in [1.54, 1.807) is 0 Å². The highest BCUT2D eigenvalue weighted by Crippen LogP contribution is 2.32. The van der Waals surface area contributed by atoms with E-state index in [-0.39, 0.29) is 0 Å². The molecule has 1 atom stereocenters. The summed E-state index contributed by atoms with van der Waals surface area (Å²) in [5, 5.41) is 0. The topological polar surface area (TPSA) is 0 Å². The predicted molar refractivity (Wildman–Crippen MR) is 72.0 cm³/mol. The molecule has 0 aliphatic heterocycles. The molecular formula is C14H21Al. The van der Waals surface area contributed by atoms with Crippen LogP contribution in [0.2, 0.25) is 0 Å². The molecule has 0 bridgehead atoms. The highest BCUT2D eigenvalue weighted by atomic mass is 27.0. The van der Waals surface area contributed by atoms with Gasteiger partial charge < -0.3 is 0 Å². The standard InChI is InChI=1S/C10H9.C4H10.Al.2H/c1-8-6-7-9-4-2-3-5-10(8)9;1-3-4-2;;;/h2-7H,1H3;3-4H2,1-2H3;;;. The van der Waals surface area contributed by atoms with E-state index in [9.17, 15) is 0 Å². The van der Waals surface area contributed by atoms with Crippen LogP contribution in [-0.2, 0) is 0 Å². The van der Waals surface area contributed by atoms with Crippen molar-refractivity contribution in [2.24, 2.45) is 0 Å². The van der Waals surface area contributed by atoms with Crippen LogP contribution in [-0.4, -0.2) is 16.3 Å². The molecule has 0 fully saturated rings. The van der Waals surface area contributed by atoms with Gasteiger partial charge in [0.15, 0.2) is 0 Å². The van der Waals surface area contributed by atoms with Gasteiger partial charge in [-0.3, -0.25) is 0 Å². The van der Waals surface area contributed by atoms with Crippen LogP contribution in [0, 0.1) is 0 Å². The Labute approximate surface area is 102 Å². The molecule has 1 aliphatic rings. The highest BCUT2D eigenvalue weighted by Gasteiger charge is 2.15. The van der Waals surface area contributed by atoms with E-state index in [4.69, 9.17) is 0 Å². The zero-order valence-electron chi connectivity index (χ0n) is 10.4. The van der Waals surface area contributed by atoms with Gasteiger partial charge in [0.25, 0.3) is 0 Å². The Hall–Kier alpha value is -0.508. The number of allylic oxidation sites excluding steroid dienone is 2. The second kappa shape index (κ2) is 6.16. The number of fused-ring (bicyclic) bond motifs is 1. The van der Waals surface area contributed by atoms with Crippen molar-refractivity contribution in [2.75, 3.05) is 0 Å². The summed E-state index contributed by atoms with van der Waals surface area (Å²) in [7, 11) is 0. The molecule has 0 saturated carbocycles. The molecule has 0 heterocycles. The van der Waals surface area contributed by atoms with Crippen LogP contribution in [0.1, 0.15) is 49.5 Å². The lowest BCUT2D eigenvalue weighted by atomic mass is 10.1. The summed E-state index contributed by atoms with van der Waals surface area (Å²) in [6.45, 7) is 6.57. The van der Waals surface area contributed by atoms with E-state index in [1.165, 1.54) is 45.8 Å². The van der Waals surface area contributed by atoms with Gasteiger partial charge in [0.1, 0.15) is 0 Å². The van der Waals surface area contributed by atoms with Crippen molar-refractivity contribution in [1.82, 2.24) is 0 Å². The Balaban J connectivity index is 0.000000245. The number of hydrogen-bond acceptors (Lipinski definition) is 0. The van der Waals surface area contributed by atoms with E-state index in [0.717, 1.165) is 4.78 Å². The molecule has 1 unspecified atom stereocenters. The van der Waals surface area contributed by atoms with E-state index >= 15 is 0 Å². The molecule has 80 valence electrons. The molecule has 0 aromatic heterocycles. The van der Waals surface area contributed by atoms with Crippen molar-refractivity contribution in [1.29, 1.82) is 0 Å². The second-order valence-corrected chi connectivity index (χ2v) is 5.47. The monoisotopic (exact) mass is 216 g/mol. The van der Waals surface area contributed by atoms with Crippen LogP contribution < -0.4 is 0 Å². The van der Waals surface area contributed by atoms with Gasteiger partial charge in [0.05, 0.1) is 0 Å². The van der Waals surface area contributed by atoms with E-state index < -0.39 is 0 Å². The molecule has 0 N–H and O–H groups in total. The third kappa shape index (κ3) is 3.23. The molecule has 0 radical (unpaired) electrons. The van der Waals surface area contributed by atoms with Gasteiger partial charge in [-0.15, -0.1) is 0 Å². The number of hydrogen-bond donors (Lipinski definition) is 0. The lowest BCUT2D eigenvalue weighted by molar-refractivity contribution is 0.886. The largest absolute Gasteiger partial charge is 0.229 e. The van der Waals surface area contributed by atoms with Gasteiger partial charge in [-0.2, -0.15) is 0 Å². The molecule has 1 aromatic rings. The van der Waals surface area contributed by atoms with Crippen molar-refractivity contribution >= 4 is 21.9 Å². The van der Waals surface area contributed by atoms with Gasteiger partial charge in [-0.05, 0) is 28.4 Å². The molecule has 15 heavy (non-hydrogen) atoms. The first-order valence-corrected chi connectivity index (χ1v) is 7.13. The molecule has 1 aromatic carbocycles. The van der Waals surface area contributed by atoms with Gasteiger partial charge >= 0.3 is 0 Å². The molecule has 2 rings (SSSR count). The maximum absolute atomic E-state index is 2.39. The molecule has 0 amide bonds. The lowest BCUT2D eigenvalue weighted by Crippen LogP contribution is -1.89. The lowest BCUT2D eigenvalue weighted by Gasteiger charge is -2.02. The SMILES string of the molecule is CC1=C[CH]([AlH2])c2ccccc21.CCCC. The fourth-order valence-electron chi connectivity index (χ4n) is 1.81. The maximum Gasteiger partial charge on any atom is 0.229 e. The van der Waals surface area contributed by atoms with Crippen LogP contribution in [0.4, 0.5) is 0 Å². The third-order valence-corrected chi connectivity index (χ3v) is 3.83. The number of rotatable bonds is 1. The Morgan fingerprint density at radius 2 is 1.73 bits per heavy atom. The molecule has 1 aliphatic carbocycles. The second-order valence-electron chi connectivity index (χ2n) is 4.23. The summed E-state index contributed by atoms with van der Waals surface area (Å²) in [5.41, 5.74) is 4.46. The van der Waals surface area contributed by atoms with Crippen LogP contribution in [0.3, 0.4) is 0 Å².